The third kappa shape index (κ3) is 1.53. The van der Waals surface area contributed by atoms with Gasteiger partial charge in [0.2, 0.25) is 0 Å². The van der Waals surface area contributed by atoms with Crippen molar-refractivity contribution < 1.29 is 8.78 Å². The molecule has 86 valence electrons. The molecule has 0 spiro atoms. The minimum atomic E-state index is -2.60. The van der Waals surface area contributed by atoms with E-state index in [1.807, 2.05) is 29.2 Å². The zero-order chi connectivity index (χ0) is 11.2. The Kier molecular flexibility index (Phi) is 2.23. The van der Waals surface area contributed by atoms with Crippen LogP contribution in [0.4, 0.5) is 8.78 Å². The summed E-state index contributed by atoms with van der Waals surface area (Å²) in [5.41, 5.74) is 2.37. The molecular weight excluding hydrogens is 210 g/mol. The van der Waals surface area contributed by atoms with Crippen molar-refractivity contribution in [1.82, 2.24) is 10.2 Å². The van der Waals surface area contributed by atoms with E-state index < -0.39 is 12.0 Å². The average molecular weight is 224 g/mol. The largest absolute Gasteiger partial charge is 0.309 e. The van der Waals surface area contributed by atoms with Crippen LogP contribution in [0, 0.1) is 0 Å². The Hall–Kier alpha value is -1.00. The van der Waals surface area contributed by atoms with Gasteiger partial charge in [0.1, 0.15) is 0 Å². The van der Waals surface area contributed by atoms with Crippen LogP contribution in [0.1, 0.15) is 11.1 Å². The molecule has 0 radical (unpaired) electrons. The highest BCUT2D eigenvalue weighted by Crippen LogP contribution is 2.32. The number of hydrogen-bond acceptors (Lipinski definition) is 2. The normalized spacial score (nSPS) is 28.2. The van der Waals surface area contributed by atoms with Gasteiger partial charge in [0.05, 0.1) is 12.6 Å². The summed E-state index contributed by atoms with van der Waals surface area (Å²) in [5, 5.41) is 2.77. The van der Waals surface area contributed by atoms with Crippen LogP contribution < -0.4 is 5.32 Å². The van der Waals surface area contributed by atoms with Crippen LogP contribution in [0.3, 0.4) is 0 Å². The van der Waals surface area contributed by atoms with Crippen LogP contribution in [0.2, 0.25) is 0 Å². The molecule has 1 atom stereocenters. The third-order valence-electron chi connectivity index (χ3n) is 3.49. The third-order valence-corrected chi connectivity index (χ3v) is 3.49. The first-order valence-electron chi connectivity index (χ1n) is 5.56. The maximum atomic E-state index is 13.6. The molecule has 0 saturated carbocycles. The molecule has 3 rings (SSSR count). The topological polar surface area (TPSA) is 15.3 Å². The number of alkyl halides is 2. The Morgan fingerprint density at radius 1 is 1.19 bits per heavy atom. The van der Waals surface area contributed by atoms with Gasteiger partial charge in [-0.15, -0.1) is 0 Å². The number of fused-ring (bicyclic) bond motifs is 1. The summed E-state index contributed by atoms with van der Waals surface area (Å²) in [5.74, 6) is -2.60. The SMILES string of the molecule is FC1(F)CNCC1N1Cc2ccccc2C1. The molecule has 2 aliphatic rings. The van der Waals surface area contributed by atoms with Crippen LogP contribution in [0.15, 0.2) is 24.3 Å². The Bertz CT molecular complexity index is 381. The summed E-state index contributed by atoms with van der Waals surface area (Å²) in [7, 11) is 0. The van der Waals surface area contributed by atoms with E-state index in [2.05, 4.69) is 5.32 Å². The van der Waals surface area contributed by atoms with E-state index in [9.17, 15) is 8.78 Å². The first kappa shape index (κ1) is 10.2. The highest BCUT2D eigenvalue weighted by molar-refractivity contribution is 5.30. The molecule has 0 aromatic heterocycles. The Morgan fingerprint density at radius 2 is 1.81 bits per heavy atom. The fourth-order valence-electron chi connectivity index (χ4n) is 2.62. The van der Waals surface area contributed by atoms with Crippen molar-refractivity contribution in [3.63, 3.8) is 0 Å². The van der Waals surface area contributed by atoms with Gasteiger partial charge in [-0.3, -0.25) is 4.90 Å². The number of halogens is 2. The molecule has 1 unspecified atom stereocenters. The second kappa shape index (κ2) is 3.50. The summed E-state index contributed by atoms with van der Waals surface area (Å²) in [6.07, 6.45) is 0. The maximum Gasteiger partial charge on any atom is 0.276 e. The lowest BCUT2D eigenvalue weighted by Crippen LogP contribution is -2.44. The Labute approximate surface area is 93.3 Å². The van der Waals surface area contributed by atoms with Gasteiger partial charge in [-0.2, -0.15) is 0 Å². The highest BCUT2D eigenvalue weighted by atomic mass is 19.3. The lowest BCUT2D eigenvalue weighted by atomic mass is 10.1. The maximum absolute atomic E-state index is 13.6. The first-order chi connectivity index (χ1) is 7.67. The zero-order valence-corrected chi connectivity index (χ0v) is 8.92. The Morgan fingerprint density at radius 3 is 2.31 bits per heavy atom. The number of nitrogens with one attached hydrogen (secondary N) is 1. The minimum absolute atomic E-state index is 0.190. The summed E-state index contributed by atoms with van der Waals surface area (Å²) < 4.78 is 27.2. The molecule has 16 heavy (non-hydrogen) atoms. The second-order valence-corrected chi connectivity index (χ2v) is 4.58. The first-order valence-corrected chi connectivity index (χ1v) is 5.56. The summed E-state index contributed by atoms with van der Waals surface area (Å²) in [6.45, 7) is 1.50. The molecule has 1 aromatic carbocycles. The fraction of sp³-hybridized carbons (Fsp3) is 0.500. The molecule has 1 aromatic rings. The van der Waals surface area contributed by atoms with E-state index in [0.29, 0.717) is 19.6 Å². The van der Waals surface area contributed by atoms with E-state index >= 15 is 0 Å². The van der Waals surface area contributed by atoms with Crippen LogP contribution in [0.25, 0.3) is 0 Å². The molecule has 2 aliphatic heterocycles. The quantitative estimate of drug-likeness (QED) is 0.779. The van der Waals surface area contributed by atoms with E-state index in [1.54, 1.807) is 0 Å². The molecule has 2 nitrogen and oxygen atoms in total. The number of nitrogens with zero attached hydrogens (tertiary/aromatic N) is 1. The molecular formula is C12H14F2N2. The van der Waals surface area contributed by atoms with Gasteiger partial charge in [0.15, 0.2) is 0 Å². The predicted octanol–water partition coefficient (Wildman–Crippen LogP) is 1.61. The van der Waals surface area contributed by atoms with Crippen LogP contribution in [-0.2, 0) is 13.1 Å². The molecule has 1 N–H and O–H groups in total. The number of rotatable bonds is 1. The van der Waals surface area contributed by atoms with Gasteiger partial charge < -0.3 is 5.32 Å². The molecule has 4 heteroatoms. The molecule has 1 saturated heterocycles. The molecule has 0 aliphatic carbocycles. The minimum Gasteiger partial charge on any atom is -0.309 e. The van der Waals surface area contributed by atoms with E-state index in [-0.39, 0.29) is 6.54 Å². The lowest BCUT2D eigenvalue weighted by Gasteiger charge is -2.27. The summed E-state index contributed by atoms with van der Waals surface area (Å²) >= 11 is 0. The van der Waals surface area contributed by atoms with Crippen molar-refractivity contribution in [2.45, 2.75) is 25.1 Å². The van der Waals surface area contributed by atoms with Crippen molar-refractivity contribution >= 4 is 0 Å². The van der Waals surface area contributed by atoms with Crippen molar-refractivity contribution in [3.8, 4) is 0 Å². The molecule has 0 bridgehead atoms. The fourth-order valence-corrected chi connectivity index (χ4v) is 2.62. The van der Waals surface area contributed by atoms with Crippen molar-refractivity contribution in [2.75, 3.05) is 13.1 Å². The van der Waals surface area contributed by atoms with Crippen LogP contribution >= 0.6 is 0 Å². The summed E-state index contributed by atoms with van der Waals surface area (Å²) in [6, 6.07) is 7.33. The monoisotopic (exact) mass is 224 g/mol. The van der Waals surface area contributed by atoms with Gasteiger partial charge in [0.25, 0.3) is 5.92 Å². The van der Waals surface area contributed by atoms with Gasteiger partial charge in [-0.1, -0.05) is 24.3 Å². The zero-order valence-electron chi connectivity index (χ0n) is 8.92. The van der Waals surface area contributed by atoms with E-state index in [1.165, 1.54) is 11.1 Å². The standard InChI is InChI=1S/C12H14F2N2/c13-12(14)8-15-5-11(12)16-6-9-3-1-2-4-10(9)7-16/h1-4,11,15H,5-8H2. The van der Waals surface area contributed by atoms with Crippen LogP contribution in [0.5, 0.6) is 0 Å². The van der Waals surface area contributed by atoms with Crippen molar-refractivity contribution in [1.29, 1.82) is 0 Å². The smallest absolute Gasteiger partial charge is 0.276 e. The van der Waals surface area contributed by atoms with Gasteiger partial charge in [-0.25, -0.2) is 8.78 Å². The molecule has 0 amide bonds. The molecule has 2 heterocycles. The van der Waals surface area contributed by atoms with Gasteiger partial charge >= 0.3 is 0 Å². The number of hydrogen-bond donors (Lipinski definition) is 1. The number of benzene rings is 1. The van der Waals surface area contributed by atoms with Crippen molar-refractivity contribution in [3.05, 3.63) is 35.4 Å². The van der Waals surface area contributed by atoms with Gasteiger partial charge in [-0.05, 0) is 11.1 Å². The highest BCUT2D eigenvalue weighted by Gasteiger charge is 2.48. The lowest BCUT2D eigenvalue weighted by molar-refractivity contribution is -0.0497. The van der Waals surface area contributed by atoms with Crippen molar-refractivity contribution in [2.24, 2.45) is 0 Å². The second-order valence-electron chi connectivity index (χ2n) is 4.58. The average Bonchev–Trinajstić information content (AvgIpc) is 2.79. The molecule has 1 fully saturated rings. The van der Waals surface area contributed by atoms with Gasteiger partial charge in [0, 0.05) is 19.6 Å². The van der Waals surface area contributed by atoms with Crippen LogP contribution in [-0.4, -0.2) is 30.0 Å². The van der Waals surface area contributed by atoms with E-state index in [4.69, 9.17) is 0 Å². The Balaban J connectivity index is 1.81. The predicted molar refractivity (Wildman–Crippen MR) is 57.3 cm³/mol. The van der Waals surface area contributed by atoms with E-state index in [0.717, 1.165) is 0 Å². The summed E-state index contributed by atoms with van der Waals surface area (Å²) in [4.78, 5) is 1.88.